The average molecular weight is 356 g/mol. The molecule has 0 aliphatic carbocycles. The first kappa shape index (κ1) is 17.7. The van der Waals surface area contributed by atoms with Crippen LogP contribution in [-0.4, -0.2) is 34.7 Å². The maximum absolute atomic E-state index is 12.2. The van der Waals surface area contributed by atoms with Gasteiger partial charge in [0.2, 0.25) is 5.91 Å². The van der Waals surface area contributed by atoms with E-state index in [-0.39, 0.29) is 5.91 Å². The zero-order valence-electron chi connectivity index (χ0n) is 14.8. The smallest absolute Gasteiger partial charge is 0.234 e. The molecule has 132 valence electrons. The van der Waals surface area contributed by atoms with Crippen LogP contribution in [-0.2, 0) is 4.79 Å². The Hall–Kier alpha value is -2.08. The number of hydrogen-bond donors (Lipinski definition) is 1. The number of carbonyl (C=O) groups excluding carboxylic acids is 1. The number of hydrogen-bond acceptors (Lipinski definition) is 5. The van der Waals surface area contributed by atoms with E-state index in [2.05, 4.69) is 26.3 Å². The second-order valence-electron chi connectivity index (χ2n) is 6.46. The van der Waals surface area contributed by atoms with E-state index >= 15 is 0 Å². The number of rotatable bonds is 5. The van der Waals surface area contributed by atoms with Crippen LogP contribution in [0.15, 0.2) is 35.6 Å². The molecule has 1 N–H and O–H groups in total. The highest BCUT2D eigenvalue weighted by atomic mass is 32.2. The van der Waals surface area contributed by atoms with Gasteiger partial charge in [-0.25, -0.2) is 9.97 Å². The Morgan fingerprint density at radius 2 is 1.88 bits per heavy atom. The lowest BCUT2D eigenvalue weighted by molar-refractivity contribution is -0.113. The third-order valence-electron chi connectivity index (χ3n) is 4.14. The molecule has 2 aromatic rings. The highest BCUT2D eigenvalue weighted by molar-refractivity contribution is 7.99. The fourth-order valence-corrected chi connectivity index (χ4v) is 3.70. The van der Waals surface area contributed by atoms with E-state index in [1.54, 1.807) is 6.20 Å². The standard InChI is InChI=1S/C19H24N4OS/c1-14-10-15(2)12-16(11-14)21-18(24)13-25-19-20-7-6-17(22-19)23-8-4-3-5-9-23/h6-7,10-12H,3-5,8-9,13H2,1-2H3,(H,21,24). The number of piperidine rings is 1. The number of thioether (sulfide) groups is 1. The zero-order chi connectivity index (χ0) is 17.6. The number of nitrogens with one attached hydrogen (secondary N) is 1. The molecule has 2 heterocycles. The van der Waals surface area contributed by atoms with Gasteiger partial charge in [-0.3, -0.25) is 4.79 Å². The molecule has 1 aliphatic rings. The quantitative estimate of drug-likeness (QED) is 0.652. The zero-order valence-corrected chi connectivity index (χ0v) is 15.6. The van der Waals surface area contributed by atoms with Crippen LogP contribution in [0.1, 0.15) is 30.4 Å². The molecule has 1 fully saturated rings. The lowest BCUT2D eigenvalue weighted by Gasteiger charge is -2.27. The molecular formula is C19H24N4OS. The third kappa shape index (κ3) is 5.19. The van der Waals surface area contributed by atoms with E-state index in [1.807, 2.05) is 32.0 Å². The predicted octanol–water partition coefficient (Wildman–Crippen LogP) is 3.81. The van der Waals surface area contributed by atoms with Crippen molar-refractivity contribution in [3.63, 3.8) is 0 Å². The van der Waals surface area contributed by atoms with Crippen molar-refractivity contribution in [2.24, 2.45) is 0 Å². The molecule has 6 heteroatoms. The molecular weight excluding hydrogens is 332 g/mol. The minimum absolute atomic E-state index is 0.0398. The van der Waals surface area contributed by atoms with Gasteiger partial charge in [-0.2, -0.15) is 0 Å². The van der Waals surface area contributed by atoms with Crippen molar-refractivity contribution < 1.29 is 4.79 Å². The first-order valence-corrected chi connectivity index (χ1v) is 9.68. The predicted molar refractivity (Wildman–Crippen MR) is 103 cm³/mol. The van der Waals surface area contributed by atoms with Gasteiger partial charge in [0.25, 0.3) is 0 Å². The van der Waals surface area contributed by atoms with Gasteiger partial charge in [0.15, 0.2) is 5.16 Å². The summed E-state index contributed by atoms with van der Waals surface area (Å²) >= 11 is 1.37. The first-order valence-electron chi connectivity index (χ1n) is 8.69. The first-order chi connectivity index (χ1) is 12.1. The maximum Gasteiger partial charge on any atom is 0.234 e. The topological polar surface area (TPSA) is 58.1 Å². The van der Waals surface area contributed by atoms with Gasteiger partial charge < -0.3 is 10.2 Å². The summed E-state index contributed by atoms with van der Waals surface area (Å²) in [5.41, 5.74) is 3.12. The Morgan fingerprint density at radius 3 is 2.60 bits per heavy atom. The van der Waals surface area contributed by atoms with E-state index in [0.717, 1.165) is 35.7 Å². The molecule has 1 aliphatic heterocycles. The summed E-state index contributed by atoms with van der Waals surface area (Å²) in [6.45, 7) is 6.15. The highest BCUT2D eigenvalue weighted by Crippen LogP contribution is 2.21. The van der Waals surface area contributed by atoms with Crippen molar-refractivity contribution in [2.45, 2.75) is 38.3 Å². The van der Waals surface area contributed by atoms with Gasteiger partial charge in [0.05, 0.1) is 5.75 Å². The Balaban J connectivity index is 1.56. The summed E-state index contributed by atoms with van der Waals surface area (Å²) in [6.07, 6.45) is 5.50. The summed E-state index contributed by atoms with van der Waals surface area (Å²) < 4.78 is 0. The molecule has 5 nitrogen and oxygen atoms in total. The van der Waals surface area contributed by atoms with Crippen LogP contribution in [0.2, 0.25) is 0 Å². The van der Waals surface area contributed by atoms with Crippen molar-refractivity contribution in [2.75, 3.05) is 29.1 Å². The number of amides is 1. The second kappa shape index (κ2) is 8.34. The van der Waals surface area contributed by atoms with E-state index < -0.39 is 0 Å². The van der Waals surface area contributed by atoms with Crippen molar-refractivity contribution in [3.05, 3.63) is 41.6 Å². The highest BCUT2D eigenvalue weighted by Gasteiger charge is 2.13. The summed E-state index contributed by atoms with van der Waals surface area (Å²) in [5, 5.41) is 3.60. The molecule has 0 unspecified atom stereocenters. The van der Waals surface area contributed by atoms with Crippen LogP contribution >= 0.6 is 11.8 Å². The molecule has 1 aromatic carbocycles. The van der Waals surface area contributed by atoms with Gasteiger partial charge in [-0.15, -0.1) is 0 Å². The summed E-state index contributed by atoms with van der Waals surface area (Å²) in [6, 6.07) is 7.99. The monoisotopic (exact) mass is 356 g/mol. The van der Waals surface area contributed by atoms with Crippen molar-refractivity contribution in [3.8, 4) is 0 Å². The summed E-state index contributed by atoms with van der Waals surface area (Å²) in [5.74, 6) is 1.23. The van der Waals surface area contributed by atoms with E-state index in [0.29, 0.717) is 10.9 Å². The molecule has 0 saturated carbocycles. The van der Waals surface area contributed by atoms with Crippen LogP contribution < -0.4 is 10.2 Å². The Kier molecular flexibility index (Phi) is 5.91. The molecule has 0 spiro atoms. The molecule has 1 saturated heterocycles. The second-order valence-corrected chi connectivity index (χ2v) is 7.40. The van der Waals surface area contributed by atoms with E-state index in [4.69, 9.17) is 0 Å². The minimum atomic E-state index is -0.0398. The van der Waals surface area contributed by atoms with Crippen molar-refractivity contribution in [1.29, 1.82) is 0 Å². The molecule has 3 rings (SSSR count). The van der Waals surface area contributed by atoms with E-state index in [9.17, 15) is 4.79 Å². The average Bonchev–Trinajstić information content (AvgIpc) is 2.60. The fourth-order valence-electron chi connectivity index (χ4n) is 3.07. The van der Waals surface area contributed by atoms with Gasteiger partial charge >= 0.3 is 0 Å². The molecule has 0 atom stereocenters. The summed E-state index contributed by atoms with van der Waals surface area (Å²) in [4.78, 5) is 23.4. The lowest BCUT2D eigenvalue weighted by Crippen LogP contribution is -2.30. The molecule has 0 radical (unpaired) electrons. The maximum atomic E-state index is 12.2. The van der Waals surface area contributed by atoms with Crippen LogP contribution in [0.5, 0.6) is 0 Å². The number of carbonyl (C=O) groups is 1. The van der Waals surface area contributed by atoms with Gasteiger partial charge in [0.1, 0.15) is 5.82 Å². The van der Waals surface area contributed by atoms with Crippen LogP contribution in [0.4, 0.5) is 11.5 Å². The molecule has 25 heavy (non-hydrogen) atoms. The largest absolute Gasteiger partial charge is 0.356 e. The van der Waals surface area contributed by atoms with Crippen molar-refractivity contribution >= 4 is 29.2 Å². The minimum Gasteiger partial charge on any atom is -0.356 e. The Bertz CT molecular complexity index is 724. The molecule has 1 amide bonds. The fraction of sp³-hybridized carbons (Fsp3) is 0.421. The van der Waals surface area contributed by atoms with Crippen LogP contribution in [0, 0.1) is 13.8 Å². The number of anilines is 2. The van der Waals surface area contributed by atoms with Crippen LogP contribution in [0.3, 0.4) is 0 Å². The number of aryl methyl sites for hydroxylation is 2. The van der Waals surface area contributed by atoms with Crippen molar-refractivity contribution in [1.82, 2.24) is 9.97 Å². The molecule has 0 bridgehead atoms. The summed E-state index contributed by atoms with van der Waals surface area (Å²) in [7, 11) is 0. The number of nitrogens with zero attached hydrogens (tertiary/aromatic N) is 3. The Labute approximate surface area is 153 Å². The molecule has 1 aromatic heterocycles. The van der Waals surface area contributed by atoms with Gasteiger partial charge in [-0.05, 0) is 62.4 Å². The van der Waals surface area contributed by atoms with E-state index in [1.165, 1.54) is 31.0 Å². The van der Waals surface area contributed by atoms with Gasteiger partial charge in [0, 0.05) is 25.0 Å². The normalized spacial score (nSPS) is 14.4. The number of aromatic nitrogens is 2. The number of benzene rings is 1. The van der Waals surface area contributed by atoms with Crippen LogP contribution in [0.25, 0.3) is 0 Å². The Morgan fingerprint density at radius 1 is 1.16 bits per heavy atom. The lowest BCUT2D eigenvalue weighted by atomic mass is 10.1. The van der Waals surface area contributed by atoms with Gasteiger partial charge in [-0.1, -0.05) is 17.8 Å². The SMILES string of the molecule is Cc1cc(C)cc(NC(=O)CSc2nccc(N3CCCCC3)n2)c1. The third-order valence-corrected chi connectivity index (χ3v) is 5.00.